The van der Waals surface area contributed by atoms with Crippen molar-refractivity contribution in [1.29, 1.82) is 0 Å². The molecule has 3 heteroatoms. The molecule has 3 nitrogen and oxygen atoms in total. The van der Waals surface area contributed by atoms with Gasteiger partial charge in [-0.15, -0.1) is 0 Å². The van der Waals surface area contributed by atoms with Gasteiger partial charge < -0.3 is 10.1 Å². The molecule has 1 aliphatic rings. The maximum atomic E-state index is 5.61. The van der Waals surface area contributed by atoms with Gasteiger partial charge in [-0.1, -0.05) is 0 Å². The Hall–Kier alpha value is -1.09. The molecular weight excluding hydrogens is 176 g/mol. The fourth-order valence-corrected chi connectivity index (χ4v) is 1.80. The lowest BCUT2D eigenvalue weighted by molar-refractivity contribution is 0.0996. The molecule has 14 heavy (non-hydrogen) atoms. The first kappa shape index (κ1) is 9.46. The van der Waals surface area contributed by atoms with Crippen LogP contribution in [0.5, 0.6) is 0 Å². The van der Waals surface area contributed by atoms with E-state index < -0.39 is 0 Å². The van der Waals surface area contributed by atoms with Gasteiger partial charge in [0.2, 0.25) is 0 Å². The molecule has 0 amide bonds. The zero-order valence-electron chi connectivity index (χ0n) is 8.44. The highest BCUT2D eigenvalue weighted by Crippen LogP contribution is 2.18. The molecule has 2 rings (SSSR count). The second-order valence-corrected chi connectivity index (χ2v) is 3.72. The number of rotatable bonds is 3. The topological polar surface area (TPSA) is 34.2 Å². The summed E-state index contributed by atoms with van der Waals surface area (Å²) in [7, 11) is 0. The second kappa shape index (κ2) is 4.42. The van der Waals surface area contributed by atoms with Crippen molar-refractivity contribution in [3.05, 3.63) is 24.5 Å². The first-order valence-corrected chi connectivity index (χ1v) is 5.14. The van der Waals surface area contributed by atoms with Crippen LogP contribution >= 0.6 is 0 Å². The molecule has 0 spiro atoms. The highest BCUT2D eigenvalue weighted by molar-refractivity contribution is 5.41. The van der Waals surface area contributed by atoms with Gasteiger partial charge in [0.15, 0.2) is 0 Å². The third kappa shape index (κ3) is 2.23. The predicted octanol–water partition coefficient (Wildman–Crippen LogP) is 2.06. The Bertz CT molecular complexity index is 270. The molecule has 2 unspecified atom stereocenters. The van der Waals surface area contributed by atoms with Gasteiger partial charge in [0.25, 0.3) is 0 Å². The number of hydrogen-bond donors (Lipinski definition) is 1. The highest BCUT2D eigenvalue weighted by atomic mass is 16.5. The van der Waals surface area contributed by atoms with E-state index in [1.807, 2.05) is 12.1 Å². The maximum Gasteiger partial charge on any atom is 0.0774 e. The summed E-state index contributed by atoms with van der Waals surface area (Å²) in [6.45, 7) is 3.07. The van der Waals surface area contributed by atoms with Crippen LogP contribution in [-0.2, 0) is 4.74 Å². The van der Waals surface area contributed by atoms with E-state index in [1.54, 1.807) is 12.4 Å². The first-order valence-electron chi connectivity index (χ1n) is 5.14. The maximum absolute atomic E-state index is 5.61. The Morgan fingerprint density at radius 2 is 2.29 bits per heavy atom. The molecule has 0 aliphatic carbocycles. The lowest BCUT2D eigenvalue weighted by atomic mass is 10.1. The van der Waals surface area contributed by atoms with Crippen LogP contribution in [0.3, 0.4) is 0 Å². The third-order valence-corrected chi connectivity index (χ3v) is 2.60. The zero-order chi connectivity index (χ0) is 9.80. The monoisotopic (exact) mass is 192 g/mol. The average molecular weight is 192 g/mol. The van der Waals surface area contributed by atoms with E-state index in [-0.39, 0.29) is 0 Å². The van der Waals surface area contributed by atoms with Crippen LogP contribution in [0.4, 0.5) is 5.69 Å². The molecule has 2 heterocycles. The fraction of sp³-hybridized carbons (Fsp3) is 0.545. The normalized spacial score (nSPS) is 23.4. The standard InChI is InChI=1S/C11H16N2O/c1-9(11-3-2-8-14-11)13-10-4-6-12-7-5-10/h4-7,9,11H,2-3,8H2,1H3,(H,12,13). The van der Waals surface area contributed by atoms with Crippen molar-refractivity contribution >= 4 is 5.69 Å². The van der Waals surface area contributed by atoms with Crippen LogP contribution in [-0.4, -0.2) is 23.7 Å². The average Bonchev–Trinajstić information content (AvgIpc) is 2.72. The van der Waals surface area contributed by atoms with Crippen LogP contribution in [0, 0.1) is 0 Å². The van der Waals surface area contributed by atoms with Gasteiger partial charge >= 0.3 is 0 Å². The molecule has 76 valence electrons. The van der Waals surface area contributed by atoms with Gasteiger partial charge in [-0.2, -0.15) is 0 Å². The lowest BCUT2D eigenvalue weighted by Gasteiger charge is -2.20. The van der Waals surface area contributed by atoms with E-state index in [1.165, 1.54) is 12.8 Å². The summed E-state index contributed by atoms with van der Waals surface area (Å²) < 4.78 is 5.61. The largest absolute Gasteiger partial charge is 0.380 e. The van der Waals surface area contributed by atoms with Gasteiger partial charge in [0.05, 0.1) is 6.10 Å². The first-order chi connectivity index (χ1) is 6.86. The van der Waals surface area contributed by atoms with Crippen LogP contribution in [0.2, 0.25) is 0 Å². The number of hydrogen-bond acceptors (Lipinski definition) is 3. The Morgan fingerprint density at radius 1 is 1.50 bits per heavy atom. The summed E-state index contributed by atoms with van der Waals surface area (Å²) in [5, 5.41) is 3.42. The summed E-state index contributed by atoms with van der Waals surface area (Å²) >= 11 is 0. The predicted molar refractivity (Wildman–Crippen MR) is 56.3 cm³/mol. The van der Waals surface area contributed by atoms with E-state index >= 15 is 0 Å². The highest BCUT2D eigenvalue weighted by Gasteiger charge is 2.21. The summed E-state index contributed by atoms with van der Waals surface area (Å²) in [6.07, 6.45) is 6.31. The molecule has 0 aromatic carbocycles. The molecular formula is C11H16N2O. The van der Waals surface area contributed by atoms with E-state index in [2.05, 4.69) is 17.2 Å². The minimum Gasteiger partial charge on any atom is -0.380 e. The van der Waals surface area contributed by atoms with Gasteiger partial charge in [-0.3, -0.25) is 4.98 Å². The molecule has 1 aromatic heterocycles. The zero-order valence-corrected chi connectivity index (χ0v) is 8.44. The van der Waals surface area contributed by atoms with Crippen LogP contribution in [0.25, 0.3) is 0 Å². The van der Waals surface area contributed by atoms with Crippen LogP contribution in [0.15, 0.2) is 24.5 Å². The van der Waals surface area contributed by atoms with E-state index in [9.17, 15) is 0 Å². The SMILES string of the molecule is CC(Nc1ccncc1)C1CCCO1. The van der Waals surface area contributed by atoms with Crippen molar-refractivity contribution < 1.29 is 4.74 Å². The molecule has 1 saturated heterocycles. The summed E-state index contributed by atoms with van der Waals surface area (Å²) in [5.41, 5.74) is 1.11. The van der Waals surface area contributed by atoms with E-state index in [4.69, 9.17) is 4.74 Å². The molecule has 1 aliphatic heterocycles. The van der Waals surface area contributed by atoms with Crippen LogP contribution in [0.1, 0.15) is 19.8 Å². The smallest absolute Gasteiger partial charge is 0.0774 e. The number of ether oxygens (including phenoxy) is 1. The Kier molecular flexibility index (Phi) is 2.99. The molecule has 0 bridgehead atoms. The van der Waals surface area contributed by atoms with Crippen LogP contribution < -0.4 is 5.32 Å². The van der Waals surface area contributed by atoms with Gasteiger partial charge in [-0.05, 0) is 31.9 Å². The van der Waals surface area contributed by atoms with Crippen molar-refractivity contribution in [3.63, 3.8) is 0 Å². The van der Waals surface area contributed by atoms with Gasteiger partial charge in [-0.25, -0.2) is 0 Å². The molecule has 1 N–H and O–H groups in total. The second-order valence-electron chi connectivity index (χ2n) is 3.72. The summed E-state index contributed by atoms with van der Waals surface area (Å²) in [4.78, 5) is 3.98. The molecule has 2 atom stereocenters. The summed E-state index contributed by atoms with van der Waals surface area (Å²) in [6, 6.07) is 4.33. The minimum absolute atomic E-state index is 0.364. The Labute approximate surface area is 84.5 Å². The summed E-state index contributed by atoms with van der Waals surface area (Å²) in [5.74, 6) is 0. The number of pyridine rings is 1. The lowest BCUT2D eigenvalue weighted by Crippen LogP contribution is -2.29. The van der Waals surface area contributed by atoms with Crippen molar-refractivity contribution in [2.24, 2.45) is 0 Å². The number of nitrogens with one attached hydrogen (secondary N) is 1. The van der Waals surface area contributed by atoms with Crippen molar-refractivity contribution in [2.45, 2.75) is 31.9 Å². The fourth-order valence-electron chi connectivity index (χ4n) is 1.80. The minimum atomic E-state index is 0.364. The quantitative estimate of drug-likeness (QED) is 0.796. The van der Waals surface area contributed by atoms with E-state index in [0.717, 1.165) is 12.3 Å². The van der Waals surface area contributed by atoms with Crippen molar-refractivity contribution in [3.8, 4) is 0 Å². The number of aromatic nitrogens is 1. The molecule has 0 radical (unpaired) electrons. The number of nitrogens with zero attached hydrogens (tertiary/aromatic N) is 1. The van der Waals surface area contributed by atoms with Crippen molar-refractivity contribution in [1.82, 2.24) is 4.98 Å². The van der Waals surface area contributed by atoms with E-state index in [0.29, 0.717) is 12.1 Å². The van der Waals surface area contributed by atoms with Gasteiger partial charge in [0, 0.05) is 30.7 Å². The molecule has 0 saturated carbocycles. The van der Waals surface area contributed by atoms with Crippen molar-refractivity contribution in [2.75, 3.05) is 11.9 Å². The number of anilines is 1. The Morgan fingerprint density at radius 3 is 2.93 bits per heavy atom. The molecule has 1 fully saturated rings. The third-order valence-electron chi connectivity index (χ3n) is 2.60. The van der Waals surface area contributed by atoms with Gasteiger partial charge in [0.1, 0.15) is 0 Å². The molecule has 1 aromatic rings. The Balaban J connectivity index is 1.90.